The van der Waals surface area contributed by atoms with E-state index >= 15 is 0 Å². The molecule has 0 bridgehead atoms. The summed E-state index contributed by atoms with van der Waals surface area (Å²) in [5.41, 5.74) is 16.7. The molecule has 0 aliphatic rings. The first-order valence-corrected chi connectivity index (χ1v) is 23.5. The predicted molar refractivity (Wildman–Crippen MR) is 286 cm³/mol. The van der Waals surface area contributed by atoms with Gasteiger partial charge in [-0.05, 0) is 146 Å². The van der Waals surface area contributed by atoms with Gasteiger partial charge in [0.05, 0.1) is 83.3 Å². The van der Waals surface area contributed by atoms with Crippen molar-refractivity contribution in [1.82, 2.24) is 34.9 Å². The van der Waals surface area contributed by atoms with Crippen LogP contribution in [0.4, 0.5) is 0 Å². The Morgan fingerprint density at radius 1 is 0.378 bits per heavy atom. The van der Waals surface area contributed by atoms with E-state index in [-0.39, 0.29) is 13.6 Å². The van der Waals surface area contributed by atoms with E-state index in [2.05, 4.69) is 73.5 Å². The Morgan fingerprint density at radius 3 is 1.09 bits per heavy atom. The third-order valence-corrected chi connectivity index (χ3v) is 12.0. The van der Waals surface area contributed by atoms with Crippen LogP contribution in [0.3, 0.4) is 0 Å². The van der Waals surface area contributed by atoms with Crippen LogP contribution in [-0.4, -0.2) is 76.9 Å². The lowest BCUT2D eigenvalue weighted by Crippen LogP contribution is -2.02. The second kappa shape index (κ2) is 22.9. The van der Waals surface area contributed by atoms with Crippen LogP contribution in [0.2, 0.25) is 0 Å². The van der Waals surface area contributed by atoms with Crippen LogP contribution >= 0.6 is 0 Å². The molecule has 9 rings (SSSR count). The molecule has 0 aliphatic heterocycles. The van der Waals surface area contributed by atoms with Crippen LogP contribution in [0.25, 0.3) is 67.8 Å². The summed E-state index contributed by atoms with van der Waals surface area (Å²) in [5, 5.41) is 0. The molecule has 0 atom stereocenters. The number of ether oxygens (including phenoxy) is 6. The molecule has 74 heavy (non-hydrogen) atoms. The van der Waals surface area contributed by atoms with Crippen molar-refractivity contribution in [3.05, 3.63) is 185 Å². The highest BCUT2D eigenvalue weighted by molar-refractivity contribution is 5.74. The molecule has 0 unspecified atom stereocenters. The van der Waals surface area contributed by atoms with Gasteiger partial charge in [0.2, 0.25) is 0 Å². The molecule has 0 saturated heterocycles. The molecule has 0 saturated carbocycles. The molecule has 0 fully saturated rings. The highest BCUT2D eigenvalue weighted by atomic mass is 16.7. The van der Waals surface area contributed by atoms with Crippen molar-refractivity contribution in [2.75, 3.05) is 42.0 Å². The van der Waals surface area contributed by atoms with Crippen molar-refractivity contribution >= 4 is 0 Å². The fourth-order valence-corrected chi connectivity index (χ4v) is 8.45. The number of hydrogen-bond acceptors (Lipinski definition) is 13. The van der Waals surface area contributed by atoms with Crippen LogP contribution in [0.1, 0.15) is 44.5 Å². The summed E-state index contributed by atoms with van der Waals surface area (Å²) in [4.78, 5) is 33.2. The third-order valence-electron chi connectivity index (χ3n) is 12.0. The van der Waals surface area contributed by atoms with Crippen LogP contribution in [-0.2, 0) is 9.47 Å². The number of rotatable bonds is 14. The van der Waals surface area contributed by atoms with Gasteiger partial charge in [0, 0.05) is 61.3 Å². The van der Waals surface area contributed by atoms with Crippen LogP contribution in [0.15, 0.2) is 140 Å². The first-order valence-electron chi connectivity index (χ1n) is 23.5. The van der Waals surface area contributed by atoms with Crippen molar-refractivity contribution in [2.24, 2.45) is 0 Å². The minimum Gasteiger partial charge on any atom is -0.497 e. The first-order chi connectivity index (χ1) is 36.1. The van der Waals surface area contributed by atoms with Gasteiger partial charge < -0.3 is 28.4 Å². The number of methoxy groups -OCH3 is 4. The van der Waals surface area contributed by atoms with Crippen molar-refractivity contribution in [2.45, 2.75) is 27.7 Å². The van der Waals surface area contributed by atoms with E-state index in [1.165, 1.54) is 0 Å². The molecule has 366 valence electrons. The Morgan fingerprint density at radius 2 is 0.757 bits per heavy atom. The normalized spacial score (nSPS) is 10.7. The van der Waals surface area contributed by atoms with E-state index < -0.39 is 0 Å². The zero-order valence-electron chi connectivity index (χ0n) is 42.3. The largest absolute Gasteiger partial charge is 0.497 e. The van der Waals surface area contributed by atoms with Gasteiger partial charge in [0.1, 0.15) is 11.5 Å². The van der Waals surface area contributed by atoms with E-state index in [4.69, 9.17) is 53.3 Å². The summed E-state index contributed by atoms with van der Waals surface area (Å²) in [6.07, 6.45) is 10.4. The highest BCUT2D eigenvalue weighted by Gasteiger charge is 2.15. The van der Waals surface area contributed by atoms with Crippen molar-refractivity contribution in [1.29, 1.82) is 0 Å². The van der Waals surface area contributed by atoms with Gasteiger partial charge in [0.25, 0.3) is 0 Å². The van der Waals surface area contributed by atoms with E-state index in [1.807, 2.05) is 103 Å². The average molecular weight is 978 g/mol. The van der Waals surface area contributed by atoms with E-state index in [0.717, 1.165) is 78.8 Å². The molecule has 2 aromatic carbocycles. The van der Waals surface area contributed by atoms with E-state index in [1.54, 1.807) is 53.2 Å². The zero-order chi connectivity index (χ0) is 51.6. The van der Waals surface area contributed by atoms with Gasteiger partial charge in [-0.3, -0.25) is 29.9 Å². The summed E-state index contributed by atoms with van der Waals surface area (Å²) in [6, 6.07) is 33.2. The number of aryl methyl sites for hydroxylation is 4. The summed E-state index contributed by atoms with van der Waals surface area (Å²) in [6.45, 7) is 8.34. The van der Waals surface area contributed by atoms with Crippen LogP contribution in [0.5, 0.6) is 23.0 Å². The fraction of sp³-hybridized carbons (Fsp3) is 0.164. The topological polar surface area (TPSA) is 146 Å². The maximum atomic E-state index is 5.88. The molecule has 0 aliphatic carbocycles. The maximum Gasteiger partial charge on any atom is 0.188 e. The predicted octanol–water partition coefficient (Wildman–Crippen LogP) is 11.5. The lowest BCUT2D eigenvalue weighted by molar-refractivity contribution is 0.0505. The molecule has 13 heteroatoms. The Bertz CT molecular complexity index is 3320. The number of aromatic nitrogens is 7. The molecule has 0 amide bonds. The second-order valence-electron chi connectivity index (χ2n) is 17.1. The number of nitrogens with zero attached hydrogens (tertiary/aromatic N) is 7. The van der Waals surface area contributed by atoms with E-state index in [0.29, 0.717) is 56.5 Å². The summed E-state index contributed by atoms with van der Waals surface area (Å²) >= 11 is 0. The summed E-state index contributed by atoms with van der Waals surface area (Å²) in [5.74, 6) is 15.6. The molecular formula is C61H51N7O6. The number of benzene rings is 2. The average Bonchev–Trinajstić information content (AvgIpc) is 3.43. The number of hydrogen-bond donors (Lipinski definition) is 0. The van der Waals surface area contributed by atoms with Gasteiger partial charge in [-0.2, -0.15) is 0 Å². The van der Waals surface area contributed by atoms with E-state index in [9.17, 15) is 0 Å². The molecular weight excluding hydrogens is 927 g/mol. The second-order valence-corrected chi connectivity index (χ2v) is 17.1. The van der Waals surface area contributed by atoms with Crippen molar-refractivity contribution < 1.29 is 28.4 Å². The summed E-state index contributed by atoms with van der Waals surface area (Å²) < 4.78 is 33.1. The van der Waals surface area contributed by atoms with Crippen LogP contribution < -0.4 is 18.9 Å². The van der Waals surface area contributed by atoms with Crippen molar-refractivity contribution in [3.63, 3.8) is 0 Å². The number of pyridine rings is 7. The molecule has 0 spiro atoms. The molecule has 0 radical (unpaired) electrons. The van der Waals surface area contributed by atoms with Gasteiger partial charge in [0.15, 0.2) is 25.1 Å². The Kier molecular flexibility index (Phi) is 15.4. The quantitative estimate of drug-likeness (QED) is 0.0753. The standard InChI is InChI=1S/C61H51N7O6/c1-38-24-48(71-7)25-39(2)60(38)46-18-22-52(64-32-46)50-20-14-42(30-62-50)12-16-44-28-56(66-34-58(44)73-36-69-5)54-10-9-11-55(68-54)57-29-45(59(35-67-57)74-37-70-6)17-13-43-15-21-51(63-31-43)53-23-19-47(33-65-53)61-40(3)26-49(72-8)27-41(61)4/h9-11,14-15,18-35H,36-37H2,1-8H3. The van der Waals surface area contributed by atoms with Crippen molar-refractivity contribution in [3.8, 4) is 114 Å². The monoisotopic (exact) mass is 977 g/mol. The third kappa shape index (κ3) is 11.4. The Balaban J connectivity index is 0.929. The minimum absolute atomic E-state index is 0.0178. The maximum absolute atomic E-state index is 5.88. The lowest BCUT2D eigenvalue weighted by atomic mass is 9.96. The fourth-order valence-electron chi connectivity index (χ4n) is 8.45. The molecule has 9 aromatic rings. The summed E-state index contributed by atoms with van der Waals surface area (Å²) in [7, 11) is 6.47. The highest BCUT2D eigenvalue weighted by Crippen LogP contribution is 2.34. The molecule has 13 nitrogen and oxygen atoms in total. The van der Waals surface area contributed by atoms with Gasteiger partial charge in [-0.1, -0.05) is 41.9 Å². The smallest absolute Gasteiger partial charge is 0.188 e. The minimum atomic E-state index is 0.0178. The first kappa shape index (κ1) is 49.7. The van der Waals surface area contributed by atoms with Gasteiger partial charge >= 0.3 is 0 Å². The molecule has 7 aromatic heterocycles. The molecule has 0 N–H and O–H groups in total. The van der Waals surface area contributed by atoms with Gasteiger partial charge in [-0.15, -0.1) is 0 Å². The SMILES string of the molecule is COCOc1cnc(-c2cccc(-c3cc(C#Cc4ccc(-c5ccc(-c6c(C)cc(OC)cc6C)cn5)nc4)c(OCOC)cn3)n2)cc1C#Cc1ccc(-c2ccc(-c3c(C)cc(OC)cc3C)cn2)nc1. The zero-order valence-corrected chi connectivity index (χ0v) is 42.3. The van der Waals surface area contributed by atoms with Gasteiger partial charge in [-0.25, -0.2) is 4.98 Å². The molecule has 7 heterocycles. The Hall–Kier alpha value is -9.27. The Labute approximate surface area is 430 Å². The lowest BCUT2D eigenvalue weighted by Gasteiger charge is -2.12. The van der Waals surface area contributed by atoms with Crippen LogP contribution in [0, 0.1) is 51.4 Å².